The van der Waals surface area contributed by atoms with E-state index < -0.39 is 30.2 Å². The summed E-state index contributed by atoms with van der Waals surface area (Å²) in [4.78, 5) is 6.54. The van der Waals surface area contributed by atoms with Crippen molar-refractivity contribution in [3.05, 3.63) is 94.3 Å². The van der Waals surface area contributed by atoms with Gasteiger partial charge in [-0.3, -0.25) is 0 Å². The van der Waals surface area contributed by atoms with E-state index in [1.807, 2.05) is 55.1 Å². The lowest BCUT2D eigenvalue weighted by Gasteiger charge is -2.41. The summed E-state index contributed by atoms with van der Waals surface area (Å²) in [5.41, 5.74) is 2.35. The number of aliphatic imine (C=N–C) groups is 1. The van der Waals surface area contributed by atoms with Crippen molar-refractivity contribution in [3.8, 4) is 11.5 Å². The molecular weight excluding hydrogens is 490 g/mol. The Morgan fingerprint density at radius 1 is 1.00 bits per heavy atom. The Kier molecular flexibility index (Phi) is 8.21. The summed E-state index contributed by atoms with van der Waals surface area (Å²) in [5.74, 6) is 0.853. The van der Waals surface area contributed by atoms with Crippen LogP contribution in [0.2, 0.25) is 0 Å². The van der Waals surface area contributed by atoms with Crippen LogP contribution in [-0.4, -0.2) is 49.1 Å². The van der Waals surface area contributed by atoms with Gasteiger partial charge in [-0.15, -0.1) is 0 Å². The number of alkyl halides is 1. The number of amidine groups is 1. The number of hydrogen-bond donors (Lipinski definition) is 1. The first kappa shape index (κ1) is 27.4. The van der Waals surface area contributed by atoms with Crippen LogP contribution in [-0.2, 0) is 23.4 Å². The van der Waals surface area contributed by atoms with E-state index in [1.54, 1.807) is 26.4 Å². The van der Waals surface area contributed by atoms with Gasteiger partial charge in [0.2, 0.25) is 0 Å². The number of nitrogens with zero attached hydrogens (tertiary/aromatic N) is 2. The summed E-state index contributed by atoms with van der Waals surface area (Å²) in [5, 5.41) is 10.0. The predicted molar refractivity (Wildman–Crippen MR) is 143 cm³/mol. The van der Waals surface area contributed by atoms with Gasteiger partial charge in [0.1, 0.15) is 22.9 Å². The van der Waals surface area contributed by atoms with E-state index in [0.29, 0.717) is 18.8 Å². The molecule has 1 aliphatic rings. The number of rotatable bonds is 8. The molecule has 0 aliphatic carbocycles. The monoisotopic (exact) mass is 524 g/mol. The fourth-order valence-electron chi connectivity index (χ4n) is 4.76. The van der Waals surface area contributed by atoms with E-state index in [9.17, 15) is 9.50 Å². The average molecular weight is 525 g/mol. The molecule has 0 amide bonds. The number of halogens is 2. The van der Waals surface area contributed by atoms with Gasteiger partial charge in [0, 0.05) is 17.7 Å². The fourth-order valence-corrected chi connectivity index (χ4v) is 4.76. The Morgan fingerprint density at radius 2 is 1.71 bits per heavy atom. The van der Waals surface area contributed by atoms with Crippen molar-refractivity contribution < 1.29 is 28.1 Å². The first-order valence-electron chi connectivity index (χ1n) is 12.5. The molecule has 3 aromatic carbocycles. The van der Waals surface area contributed by atoms with Crippen LogP contribution in [0.3, 0.4) is 0 Å². The van der Waals surface area contributed by atoms with Gasteiger partial charge in [-0.1, -0.05) is 36.4 Å². The van der Waals surface area contributed by atoms with Gasteiger partial charge in [-0.25, -0.2) is 13.8 Å². The Labute approximate surface area is 222 Å². The van der Waals surface area contributed by atoms with E-state index >= 15 is 4.39 Å². The van der Waals surface area contributed by atoms with Crippen LogP contribution in [0.15, 0.2) is 65.7 Å². The summed E-state index contributed by atoms with van der Waals surface area (Å²) in [6.07, 6.45) is -3.00. The van der Waals surface area contributed by atoms with Gasteiger partial charge >= 0.3 is 0 Å². The van der Waals surface area contributed by atoms with Crippen molar-refractivity contribution >= 4 is 6.02 Å². The summed E-state index contributed by atoms with van der Waals surface area (Å²) in [6.45, 7) is 5.57. The number of aliphatic hydroxyl groups is 1. The van der Waals surface area contributed by atoms with Crippen LogP contribution in [0, 0.1) is 19.7 Å². The third-order valence-electron chi connectivity index (χ3n) is 7.03. The standard InChI is InChI=1S/C30H34F2N2O4/c1-19-10-11-22(26(14-19)37-5)17-34(16-21-12-13-23(36-4)15-20(21)2)29-33-30(3,28(32)27(18-35)38-29)24-8-6-7-9-25(24)31/h6-15,27-28,35H,16-18H2,1-5H3/t27-,28+,30-/m1/s1. The Morgan fingerprint density at radius 3 is 2.37 bits per heavy atom. The number of hydrogen-bond acceptors (Lipinski definition) is 6. The van der Waals surface area contributed by atoms with Gasteiger partial charge < -0.3 is 24.2 Å². The number of aliphatic hydroxyl groups excluding tert-OH is 1. The first-order chi connectivity index (χ1) is 18.2. The van der Waals surface area contributed by atoms with E-state index in [4.69, 9.17) is 14.2 Å². The highest BCUT2D eigenvalue weighted by atomic mass is 19.1. The van der Waals surface area contributed by atoms with Gasteiger partial charge in [0.05, 0.1) is 27.4 Å². The smallest absolute Gasteiger partial charge is 0.289 e. The molecule has 0 bridgehead atoms. The summed E-state index contributed by atoms with van der Waals surface area (Å²) >= 11 is 0. The van der Waals surface area contributed by atoms with Crippen molar-refractivity contribution in [2.24, 2.45) is 4.99 Å². The molecule has 1 N–H and O–H groups in total. The maximum atomic E-state index is 15.8. The van der Waals surface area contributed by atoms with Crippen LogP contribution in [0.5, 0.6) is 11.5 Å². The highest BCUT2D eigenvalue weighted by Crippen LogP contribution is 2.39. The summed E-state index contributed by atoms with van der Waals surface area (Å²) in [6, 6.07) is 17.7. The zero-order valence-electron chi connectivity index (χ0n) is 22.4. The molecule has 0 aromatic heterocycles. The molecule has 4 rings (SSSR count). The Bertz CT molecular complexity index is 1320. The maximum Gasteiger partial charge on any atom is 0.289 e. The lowest BCUT2D eigenvalue weighted by molar-refractivity contribution is -0.0268. The minimum absolute atomic E-state index is 0.0974. The lowest BCUT2D eigenvalue weighted by Crippen LogP contribution is -2.52. The molecule has 1 heterocycles. The second-order valence-corrected chi connectivity index (χ2v) is 9.73. The lowest BCUT2D eigenvalue weighted by atomic mass is 9.84. The van der Waals surface area contributed by atoms with Crippen molar-refractivity contribution in [1.82, 2.24) is 4.90 Å². The van der Waals surface area contributed by atoms with Gasteiger partial charge in [-0.2, -0.15) is 0 Å². The van der Waals surface area contributed by atoms with Crippen LogP contribution in [0.4, 0.5) is 8.78 Å². The quantitative estimate of drug-likeness (QED) is 0.424. The summed E-state index contributed by atoms with van der Waals surface area (Å²) < 4.78 is 47.6. The Balaban J connectivity index is 1.83. The van der Waals surface area contributed by atoms with E-state index in [-0.39, 0.29) is 11.6 Å². The SMILES string of the molecule is COc1ccc(CN(Cc2ccc(C)cc2OC)C2=N[C@](C)(c3ccccc3F)[C@@H](F)[C@@H](CO)O2)c(C)c1. The number of methoxy groups -OCH3 is 2. The molecular formula is C30H34F2N2O4. The zero-order valence-corrected chi connectivity index (χ0v) is 22.4. The molecule has 38 heavy (non-hydrogen) atoms. The summed E-state index contributed by atoms with van der Waals surface area (Å²) in [7, 11) is 3.22. The van der Waals surface area contributed by atoms with Crippen LogP contribution < -0.4 is 9.47 Å². The minimum atomic E-state index is -1.77. The van der Waals surface area contributed by atoms with Crippen LogP contribution in [0.25, 0.3) is 0 Å². The highest BCUT2D eigenvalue weighted by Gasteiger charge is 2.48. The third-order valence-corrected chi connectivity index (χ3v) is 7.03. The Hall–Kier alpha value is -3.65. The molecule has 8 heteroatoms. The number of benzene rings is 3. The minimum Gasteiger partial charge on any atom is -0.497 e. The van der Waals surface area contributed by atoms with Crippen molar-refractivity contribution in [2.75, 3.05) is 20.8 Å². The van der Waals surface area contributed by atoms with E-state index in [1.165, 1.54) is 19.1 Å². The van der Waals surface area contributed by atoms with Gasteiger partial charge in [-0.05, 0) is 61.7 Å². The number of aryl methyl sites for hydroxylation is 2. The number of ether oxygens (including phenoxy) is 3. The molecule has 1 aliphatic heterocycles. The molecule has 0 saturated heterocycles. The van der Waals surface area contributed by atoms with Crippen molar-refractivity contribution in [3.63, 3.8) is 0 Å². The largest absolute Gasteiger partial charge is 0.497 e. The van der Waals surface area contributed by atoms with Crippen LogP contribution >= 0.6 is 0 Å². The van der Waals surface area contributed by atoms with Crippen molar-refractivity contribution in [2.45, 2.75) is 51.7 Å². The predicted octanol–water partition coefficient (Wildman–Crippen LogP) is 5.46. The fraction of sp³-hybridized carbons (Fsp3) is 0.367. The normalized spacial score (nSPS) is 20.9. The maximum absolute atomic E-state index is 15.8. The molecule has 3 aromatic rings. The molecule has 0 saturated carbocycles. The van der Waals surface area contributed by atoms with Crippen LogP contribution in [0.1, 0.15) is 34.7 Å². The third kappa shape index (κ3) is 5.45. The second-order valence-electron chi connectivity index (χ2n) is 9.73. The molecule has 0 spiro atoms. The highest BCUT2D eigenvalue weighted by molar-refractivity contribution is 5.76. The molecule has 3 atom stereocenters. The molecule has 0 unspecified atom stereocenters. The topological polar surface area (TPSA) is 63.5 Å². The second kappa shape index (κ2) is 11.4. The average Bonchev–Trinajstić information content (AvgIpc) is 2.91. The molecule has 0 fully saturated rings. The molecule has 202 valence electrons. The van der Waals surface area contributed by atoms with Gasteiger partial charge in [0.15, 0.2) is 12.3 Å². The molecule has 6 nitrogen and oxygen atoms in total. The van der Waals surface area contributed by atoms with E-state index in [2.05, 4.69) is 4.99 Å². The van der Waals surface area contributed by atoms with Gasteiger partial charge in [0.25, 0.3) is 6.02 Å². The van der Waals surface area contributed by atoms with E-state index in [0.717, 1.165) is 28.0 Å². The first-order valence-corrected chi connectivity index (χ1v) is 12.5. The molecule has 0 radical (unpaired) electrons. The zero-order chi connectivity index (χ0) is 27.4. The van der Waals surface area contributed by atoms with Crippen molar-refractivity contribution in [1.29, 1.82) is 0 Å².